The average Bonchev–Trinajstić information content (AvgIpc) is 2.96. The second kappa shape index (κ2) is 7.29. The summed E-state index contributed by atoms with van der Waals surface area (Å²) in [6.07, 6.45) is 4.61. The van der Waals surface area contributed by atoms with E-state index in [1.807, 2.05) is 35.2 Å². The number of unbranched alkanes of at least 4 members (excludes halogenated alkanes) is 1. The van der Waals surface area contributed by atoms with Crippen LogP contribution in [-0.4, -0.2) is 36.5 Å². The third-order valence-electron chi connectivity index (χ3n) is 3.69. The fourth-order valence-corrected chi connectivity index (χ4v) is 2.57. The predicted molar refractivity (Wildman–Crippen MR) is 78.3 cm³/mol. The molecular weight excluding hydrogens is 236 g/mol. The van der Waals surface area contributed by atoms with Gasteiger partial charge in [0.1, 0.15) is 0 Å². The number of amides is 1. The van der Waals surface area contributed by atoms with Crippen LogP contribution in [0.1, 0.15) is 43.0 Å². The molecule has 1 amide bonds. The van der Waals surface area contributed by atoms with Crippen molar-refractivity contribution in [1.82, 2.24) is 10.2 Å². The Hall–Kier alpha value is -1.35. The van der Waals surface area contributed by atoms with Crippen LogP contribution in [0.15, 0.2) is 30.3 Å². The summed E-state index contributed by atoms with van der Waals surface area (Å²) in [6, 6.07) is 10.1. The lowest BCUT2D eigenvalue weighted by Gasteiger charge is -2.26. The summed E-state index contributed by atoms with van der Waals surface area (Å²) in [4.78, 5) is 14.6. The van der Waals surface area contributed by atoms with Crippen LogP contribution in [0.2, 0.25) is 0 Å². The molecule has 1 unspecified atom stereocenters. The van der Waals surface area contributed by atoms with Crippen molar-refractivity contribution in [2.75, 3.05) is 19.6 Å². The van der Waals surface area contributed by atoms with Gasteiger partial charge in [-0.2, -0.15) is 0 Å². The van der Waals surface area contributed by atoms with Gasteiger partial charge < -0.3 is 10.2 Å². The van der Waals surface area contributed by atoms with E-state index in [4.69, 9.17) is 0 Å². The zero-order chi connectivity index (χ0) is 13.5. The fraction of sp³-hybridized carbons (Fsp3) is 0.562. The van der Waals surface area contributed by atoms with Crippen LogP contribution in [0.25, 0.3) is 0 Å². The van der Waals surface area contributed by atoms with E-state index in [1.165, 1.54) is 12.8 Å². The van der Waals surface area contributed by atoms with E-state index in [0.29, 0.717) is 6.04 Å². The second-order valence-electron chi connectivity index (χ2n) is 5.26. The zero-order valence-corrected chi connectivity index (χ0v) is 11.8. The van der Waals surface area contributed by atoms with Gasteiger partial charge in [0.2, 0.25) is 0 Å². The number of hydrogen-bond acceptors (Lipinski definition) is 2. The van der Waals surface area contributed by atoms with Crippen LogP contribution in [0.5, 0.6) is 0 Å². The van der Waals surface area contributed by atoms with E-state index in [1.54, 1.807) is 0 Å². The maximum absolute atomic E-state index is 12.5. The Morgan fingerprint density at radius 2 is 2.16 bits per heavy atom. The van der Waals surface area contributed by atoms with E-state index in [2.05, 4.69) is 12.2 Å². The quantitative estimate of drug-likeness (QED) is 0.853. The first kappa shape index (κ1) is 14.1. The molecule has 1 fully saturated rings. The number of carbonyl (C=O) groups is 1. The molecule has 0 saturated carbocycles. The van der Waals surface area contributed by atoms with Crippen molar-refractivity contribution in [2.45, 2.75) is 38.6 Å². The lowest BCUT2D eigenvalue weighted by molar-refractivity contribution is 0.0739. The molecule has 0 aliphatic carbocycles. The molecule has 0 bridgehead atoms. The molecule has 0 spiro atoms. The van der Waals surface area contributed by atoms with E-state index < -0.39 is 0 Å². The number of nitrogens with one attached hydrogen (secondary N) is 1. The Morgan fingerprint density at radius 1 is 1.37 bits per heavy atom. The Bertz CT molecular complexity index is 385. The van der Waals surface area contributed by atoms with Crippen LogP contribution in [-0.2, 0) is 0 Å². The van der Waals surface area contributed by atoms with Gasteiger partial charge in [-0.15, -0.1) is 0 Å². The summed E-state index contributed by atoms with van der Waals surface area (Å²) in [5.74, 6) is 0.169. The van der Waals surface area contributed by atoms with Gasteiger partial charge in [0.05, 0.1) is 0 Å². The van der Waals surface area contributed by atoms with Gasteiger partial charge in [0, 0.05) is 24.7 Å². The highest BCUT2D eigenvalue weighted by atomic mass is 16.2. The minimum absolute atomic E-state index is 0.169. The number of nitrogens with zero attached hydrogens (tertiary/aromatic N) is 1. The second-order valence-corrected chi connectivity index (χ2v) is 5.26. The molecule has 1 aliphatic rings. The summed E-state index contributed by atoms with van der Waals surface area (Å²) in [6.45, 7) is 4.96. The van der Waals surface area contributed by atoms with Crippen LogP contribution >= 0.6 is 0 Å². The minimum atomic E-state index is 0.169. The molecule has 1 saturated heterocycles. The van der Waals surface area contributed by atoms with Crippen LogP contribution in [0, 0.1) is 0 Å². The summed E-state index contributed by atoms with van der Waals surface area (Å²) < 4.78 is 0. The van der Waals surface area contributed by atoms with Gasteiger partial charge in [-0.3, -0.25) is 4.79 Å². The zero-order valence-electron chi connectivity index (χ0n) is 11.8. The molecule has 1 aromatic carbocycles. The third kappa shape index (κ3) is 4.06. The maximum atomic E-state index is 12.5. The Morgan fingerprint density at radius 3 is 2.79 bits per heavy atom. The van der Waals surface area contributed by atoms with Gasteiger partial charge in [0.15, 0.2) is 0 Å². The van der Waals surface area contributed by atoms with Crippen molar-refractivity contribution in [3.8, 4) is 0 Å². The third-order valence-corrected chi connectivity index (χ3v) is 3.69. The highest BCUT2D eigenvalue weighted by Gasteiger charge is 2.21. The molecule has 2 rings (SSSR count). The van der Waals surface area contributed by atoms with Crippen LogP contribution in [0.4, 0.5) is 0 Å². The van der Waals surface area contributed by atoms with E-state index >= 15 is 0 Å². The van der Waals surface area contributed by atoms with Gasteiger partial charge in [0.25, 0.3) is 5.91 Å². The summed E-state index contributed by atoms with van der Waals surface area (Å²) in [5, 5.41) is 3.48. The molecule has 1 N–H and O–H groups in total. The van der Waals surface area contributed by atoms with Crippen molar-refractivity contribution in [1.29, 1.82) is 0 Å². The smallest absolute Gasteiger partial charge is 0.253 e. The van der Waals surface area contributed by atoms with Crippen molar-refractivity contribution < 1.29 is 4.79 Å². The number of rotatable bonds is 6. The van der Waals surface area contributed by atoms with E-state index in [9.17, 15) is 4.79 Å². The highest BCUT2D eigenvalue weighted by molar-refractivity contribution is 5.94. The molecule has 1 aromatic rings. The molecule has 104 valence electrons. The number of benzene rings is 1. The number of carbonyl (C=O) groups excluding carboxylic acids is 1. The Labute approximate surface area is 116 Å². The van der Waals surface area contributed by atoms with E-state index in [-0.39, 0.29) is 5.91 Å². The molecule has 0 radical (unpaired) electrons. The lowest BCUT2D eigenvalue weighted by Crippen LogP contribution is -2.41. The van der Waals surface area contributed by atoms with Crippen molar-refractivity contribution in [3.63, 3.8) is 0 Å². The Balaban J connectivity index is 2.01. The largest absolute Gasteiger partial charge is 0.337 e. The maximum Gasteiger partial charge on any atom is 0.253 e. The van der Waals surface area contributed by atoms with Crippen molar-refractivity contribution in [2.24, 2.45) is 0 Å². The molecule has 1 atom stereocenters. The molecule has 3 heteroatoms. The van der Waals surface area contributed by atoms with Gasteiger partial charge in [-0.05, 0) is 37.9 Å². The monoisotopic (exact) mass is 260 g/mol. The molecule has 0 aromatic heterocycles. The highest BCUT2D eigenvalue weighted by Crippen LogP contribution is 2.11. The fourth-order valence-electron chi connectivity index (χ4n) is 2.57. The normalized spacial score (nSPS) is 18.5. The summed E-state index contributed by atoms with van der Waals surface area (Å²) >= 11 is 0. The average molecular weight is 260 g/mol. The van der Waals surface area contributed by atoms with Gasteiger partial charge in [-0.1, -0.05) is 31.5 Å². The van der Waals surface area contributed by atoms with Gasteiger partial charge >= 0.3 is 0 Å². The van der Waals surface area contributed by atoms with Crippen LogP contribution < -0.4 is 5.32 Å². The molecular formula is C16H24N2O. The summed E-state index contributed by atoms with van der Waals surface area (Å²) in [7, 11) is 0. The summed E-state index contributed by atoms with van der Waals surface area (Å²) in [5.41, 5.74) is 0.802. The predicted octanol–water partition coefficient (Wildman–Crippen LogP) is 2.68. The minimum Gasteiger partial charge on any atom is -0.337 e. The topological polar surface area (TPSA) is 32.3 Å². The molecule has 1 heterocycles. The van der Waals surface area contributed by atoms with Gasteiger partial charge in [-0.25, -0.2) is 0 Å². The first-order valence-corrected chi connectivity index (χ1v) is 7.39. The van der Waals surface area contributed by atoms with Crippen molar-refractivity contribution >= 4 is 5.91 Å². The van der Waals surface area contributed by atoms with E-state index in [0.717, 1.165) is 38.0 Å². The molecule has 19 heavy (non-hydrogen) atoms. The lowest BCUT2D eigenvalue weighted by atomic mass is 10.1. The van der Waals surface area contributed by atoms with Crippen molar-refractivity contribution in [3.05, 3.63) is 35.9 Å². The first-order chi connectivity index (χ1) is 9.31. The van der Waals surface area contributed by atoms with Crippen LogP contribution in [0.3, 0.4) is 0 Å². The standard InChI is InChI=1S/C16H24N2O/c1-2-3-12-18(13-15-10-7-11-17-15)16(19)14-8-5-4-6-9-14/h4-6,8-9,15,17H,2-3,7,10-13H2,1H3. The SMILES string of the molecule is CCCCN(CC1CCCN1)C(=O)c1ccccc1. The Kier molecular flexibility index (Phi) is 5.40. The molecule has 1 aliphatic heterocycles. The molecule has 3 nitrogen and oxygen atoms in total. The number of hydrogen-bond donors (Lipinski definition) is 1. The first-order valence-electron chi connectivity index (χ1n) is 7.39.